The molecule has 514 valence electrons. The Morgan fingerprint density at radius 1 is 0.577 bits per heavy atom. The molecule has 0 radical (unpaired) electrons. The predicted molar refractivity (Wildman–Crippen MR) is 424 cm³/mol. The van der Waals surface area contributed by atoms with Crippen LogP contribution in [0.15, 0.2) is 212 Å². The van der Waals surface area contributed by atoms with Crippen molar-refractivity contribution in [2.45, 2.75) is 100 Å². The lowest BCUT2D eigenvalue weighted by Gasteiger charge is -2.22. The second-order valence-corrected chi connectivity index (χ2v) is 27.4. The summed E-state index contributed by atoms with van der Waals surface area (Å²) in [5, 5.41) is 25.8. The maximum atomic E-state index is 6.05. The number of nitrogens with zero attached hydrogens (tertiary/aromatic N) is 14. The highest BCUT2D eigenvalue weighted by atomic mass is 35.5. The normalized spacial score (nSPS) is 13.1. The molecular weight excluding hydrogens is 1310 g/mol. The van der Waals surface area contributed by atoms with E-state index in [-0.39, 0.29) is 11.6 Å². The first kappa shape index (κ1) is 68.9. The Bertz CT molecular complexity index is 5680. The summed E-state index contributed by atoms with van der Waals surface area (Å²) in [6.45, 7) is 17.3. The van der Waals surface area contributed by atoms with Crippen molar-refractivity contribution in [2.75, 3.05) is 23.0 Å². The molecule has 0 spiro atoms. The second kappa shape index (κ2) is 30.1. The molecule has 0 amide bonds. The molecular formula is C86H78ClN17. The molecule has 1 unspecified atom stereocenters. The first-order valence-electron chi connectivity index (χ1n) is 35.0. The van der Waals surface area contributed by atoms with Crippen molar-refractivity contribution in [3.8, 4) is 46.0 Å². The number of terminal acetylenes is 1. The van der Waals surface area contributed by atoms with Crippen molar-refractivity contribution in [1.82, 2.24) is 59.8 Å². The smallest absolute Gasteiger partial charge is 0.138 e. The molecule has 104 heavy (non-hydrogen) atoms. The van der Waals surface area contributed by atoms with Gasteiger partial charge in [-0.3, -0.25) is 20.0 Å². The van der Waals surface area contributed by atoms with Gasteiger partial charge in [-0.15, -0.1) is 6.42 Å². The minimum absolute atomic E-state index is 0.0544. The van der Waals surface area contributed by atoms with Crippen LogP contribution in [0.2, 0.25) is 5.02 Å². The molecule has 0 saturated heterocycles. The summed E-state index contributed by atoms with van der Waals surface area (Å²) in [6.07, 6.45) is 26.6. The average molecular weight is 1390 g/mol. The zero-order valence-corrected chi connectivity index (χ0v) is 60.4. The Balaban J connectivity index is 0.000000132. The summed E-state index contributed by atoms with van der Waals surface area (Å²) < 4.78 is 0. The van der Waals surface area contributed by atoms with E-state index in [1.54, 1.807) is 12.7 Å². The third-order valence-corrected chi connectivity index (χ3v) is 19.4. The first-order valence-corrected chi connectivity index (χ1v) is 35.3. The molecule has 2 aliphatic heterocycles. The van der Waals surface area contributed by atoms with Gasteiger partial charge in [-0.25, -0.2) is 44.9 Å². The van der Waals surface area contributed by atoms with Crippen molar-refractivity contribution in [3.05, 3.63) is 268 Å². The van der Waals surface area contributed by atoms with Crippen molar-refractivity contribution >= 4 is 101 Å². The third-order valence-electron chi connectivity index (χ3n) is 19.1. The van der Waals surface area contributed by atoms with Crippen LogP contribution in [-0.2, 0) is 32.1 Å². The van der Waals surface area contributed by atoms with E-state index < -0.39 is 0 Å². The standard InChI is InChI=1S/C30H25N5.C28H21ClN6.C28H32N6/c1-4-21-8-6-9-23(16-21)35-30-25-12-11-20(3)27(24(25)13-15-32-30)18-29-26(10-7-14-31-29)28-17-22(5-2)33-19-34-28;1-17-4-9-21-20(10-13-32-28(21)35-19-7-5-18(29)6-8-19)23(17)15-25-22(3-2-12-30-25)26-27-24(11-14-31-27)33-16-34-26;1-7-24-30-16-19-14-18(9-11-22(19)31-24)26-17(2)8-10-21-20(26)12-13-29-27(21)32-25-15-23(28(3,4)5)33-34(25)6/h1,6-17,19H,5,18H2,2-3H3,(H,32,35);2-10,12-14,16H,11,15H2,1H3,(H,32,35);8-14,16,25H,7,15H2,1-6H3,(H,29,32). The van der Waals surface area contributed by atoms with Crippen LogP contribution < -0.4 is 16.0 Å². The summed E-state index contributed by atoms with van der Waals surface area (Å²) in [4.78, 5) is 55.0. The minimum Gasteiger partial charge on any atom is -0.348 e. The molecule has 2 aliphatic rings. The number of aromatic nitrogens is 11. The van der Waals surface area contributed by atoms with E-state index >= 15 is 0 Å². The molecule has 17 nitrogen and oxygen atoms in total. The van der Waals surface area contributed by atoms with Crippen molar-refractivity contribution in [3.63, 3.8) is 0 Å². The number of halogens is 1. The second-order valence-electron chi connectivity index (χ2n) is 27.0. The van der Waals surface area contributed by atoms with Crippen molar-refractivity contribution in [2.24, 2.45) is 15.5 Å². The largest absolute Gasteiger partial charge is 0.348 e. The zero-order valence-electron chi connectivity index (χ0n) is 59.7. The molecule has 0 saturated carbocycles. The summed E-state index contributed by atoms with van der Waals surface area (Å²) in [5.41, 5.74) is 21.8. The number of rotatable bonds is 15. The Morgan fingerprint density at radius 2 is 1.22 bits per heavy atom. The maximum absolute atomic E-state index is 6.05. The lowest BCUT2D eigenvalue weighted by Crippen LogP contribution is -2.32. The van der Waals surface area contributed by atoms with E-state index in [4.69, 9.17) is 38.1 Å². The van der Waals surface area contributed by atoms with E-state index in [0.717, 1.165) is 160 Å². The van der Waals surface area contributed by atoms with Gasteiger partial charge in [0.25, 0.3) is 0 Å². The van der Waals surface area contributed by atoms with Crippen LogP contribution in [0.1, 0.15) is 103 Å². The number of benzene rings is 6. The summed E-state index contributed by atoms with van der Waals surface area (Å²) in [7, 11) is 2.03. The van der Waals surface area contributed by atoms with Crippen molar-refractivity contribution in [1.29, 1.82) is 0 Å². The highest BCUT2D eigenvalue weighted by molar-refractivity contribution is 6.30. The first-order chi connectivity index (χ1) is 50.6. The predicted octanol–water partition coefficient (Wildman–Crippen LogP) is 19.1. The molecule has 6 aromatic carbocycles. The Kier molecular flexibility index (Phi) is 19.9. The average Bonchev–Trinajstić information content (AvgIpc) is 0.846. The molecule has 14 aromatic rings. The van der Waals surface area contributed by atoms with Crippen LogP contribution >= 0.6 is 11.6 Å². The fourth-order valence-corrected chi connectivity index (χ4v) is 13.6. The van der Waals surface area contributed by atoms with Gasteiger partial charge in [-0.05, 0) is 185 Å². The van der Waals surface area contributed by atoms with Gasteiger partial charge < -0.3 is 16.0 Å². The quantitative estimate of drug-likeness (QED) is 0.0816. The molecule has 0 bridgehead atoms. The number of aryl methyl sites for hydroxylation is 5. The maximum Gasteiger partial charge on any atom is 0.138 e. The highest BCUT2D eigenvalue weighted by Crippen LogP contribution is 2.40. The van der Waals surface area contributed by atoms with Crippen LogP contribution in [0.3, 0.4) is 0 Å². The van der Waals surface area contributed by atoms with E-state index in [1.807, 2.05) is 122 Å². The van der Waals surface area contributed by atoms with Crippen molar-refractivity contribution < 1.29 is 0 Å². The Labute approximate surface area is 610 Å². The summed E-state index contributed by atoms with van der Waals surface area (Å²) >= 11 is 6.05. The molecule has 16 rings (SSSR count). The Hall–Kier alpha value is -12.3. The van der Waals surface area contributed by atoms with Gasteiger partial charge in [0.2, 0.25) is 0 Å². The molecule has 18 heteroatoms. The van der Waals surface area contributed by atoms with Gasteiger partial charge in [-0.2, -0.15) is 5.10 Å². The van der Waals surface area contributed by atoms with Gasteiger partial charge in [0.15, 0.2) is 0 Å². The van der Waals surface area contributed by atoms with Crippen LogP contribution in [0.4, 0.5) is 34.5 Å². The van der Waals surface area contributed by atoms with E-state index in [9.17, 15) is 0 Å². The topological polar surface area (TPSA) is 206 Å². The number of hydrazone groups is 1. The molecule has 0 fully saturated rings. The number of anilines is 5. The zero-order chi connectivity index (χ0) is 72.0. The van der Waals surface area contributed by atoms with Gasteiger partial charge in [0.1, 0.15) is 53.5 Å². The van der Waals surface area contributed by atoms with Gasteiger partial charge in [0.05, 0.1) is 28.3 Å². The number of nitrogens with one attached hydrogen (secondary N) is 3. The molecule has 3 N–H and O–H groups in total. The Morgan fingerprint density at radius 3 is 1.89 bits per heavy atom. The van der Waals surface area contributed by atoms with Crippen LogP contribution in [0.5, 0.6) is 0 Å². The fraction of sp³-hybridized carbons (Fsp3) is 0.198. The fourth-order valence-electron chi connectivity index (χ4n) is 13.4. The number of fused-ring (bicyclic) bond motifs is 5. The summed E-state index contributed by atoms with van der Waals surface area (Å²) in [5.74, 6) is 6.04. The van der Waals surface area contributed by atoms with E-state index in [2.05, 4.69) is 207 Å². The SMILES string of the molecule is C#Cc1cccc(Nc2nccc3c(Cc4ncccc4-c4cc(CC)ncn4)c(C)ccc23)c1.CCc1ncc2cc(-c3c(C)ccc4c(NC5CC(C(C)(C)C)=NN5C)nccc34)ccc2n1.Cc1ccc2c(Nc3ccc(Cl)cc3)nccc2c1Cc1ncccc1-c1ncnc2c1N=CC2. The lowest BCUT2D eigenvalue weighted by atomic mass is 9.88. The number of hydrogen-bond acceptors (Lipinski definition) is 17. The molecule has 1 atom stereocenters. The number of hydrogen-bond donors (Lipinski definition) is 3. The van der Waals surface area contributed by atoms with Gasteiger partial charge in [0, 0.05) is 154 Å². The van der Waals surface area contributed by atoms with E-state index in [1.165, 1.54) is 44.5 Å². The van der Waals surface area contributed by atoms with Crippen LogP contribution in [0.25, 0.3) is 76.9 Å². The monoisotopic (exact) mass is 1380 g/mol. The lowest BCUT2D eigenvalue weighted by molar-refractivity contribution is 0.311. The number of aliphatic imine (C=N–C) groups is 1. The number of pyridine rings is 5. The molecule has 0 aliphatic carbocycles. The molecule has 8 aromatic heterocycles. The minimum atomic E-state index is 0.0544. The van der Waals surface area contributed by atoms with Gasteiger partial charge >= 0.3 is 0 Å². The summed E-state index contributed by atoms with van der Waals surface area (Å²) in [6, 6.07) is 51.1. The van der Waals surface area contributed by atoms with Crippen LogP contribution in [0, 0.1) is 38.5 Å². The van der Waals surface area contributed by atoms with Gasteiger partial charge in [-0.1, -0.05) is 101 Å². The molecule has 10 heterocycles. The third kappa shape index (κ3) is 14.8. The van der Waals surface area contributed by atoms with E-state index in [0.29, 0.717) is 17.9 Å². The highest BCUT2D eigenvalue weighted by Gasteiger charge is 2.32. The van der Waals surface area contributed by atoms with Crippen LogP contribution in [-0.4, -0.2) is 85.0 Å².